The van der Waals surface area contributed by atoms with Gasteiger partial charge in [-0.25, -0.2) is 4.98 Å². The van der Waals surface area contributed by atoms with Crippen molar-refractivity contribution in [3.05, 3.63) is 36.0 Å². The van der Waals surface area contributed by atoms with Gasteiger partial charge in [-0.2, -0.15) is 0 Å². The fourth-order valence-electron chi connectivity index (χ4n) is 3.50. The van der Waals surface area contributed by atoms with Gasteiger partial charge in [-0.15, -0.1) is 0 Å². The summed E-state index contributed by atoms with van der Waals surface area (Å²) in [7, 11) is 3.82. The second-order valence-electron chi connectivity index (χ2n) is 7.56. The van der Waals surface area contributed by atoms with Crippen molar-refractivity contribution >= 4 is 23.6 Å². The van der Waals surface area contributed by atoms with Crippen LogP contribution in [-0.2, 0) is 17.6 Å². The lowest BCUT2D eigenvalue weighted by Crippen LogP contribution is -2.43. The van der Waals surface area contributed by atoms with E-state index in [1.54, 1.807) is 28.9 Å². The molecule has 0 bridgehead atoms. The third-order valence-electron chi connectivity index (χ3n) is 5.35. The minimum Gasteiger partial charge on any atom is -0.455 e. The summed E-state index contributed by atoms with van der Waals surface area (Å²) in [4.78, 5) is 33.2. The highest BCUT2D eigenvalue weighted by atomic mass is 32.2. The summed E-state index contributed by atoms with van der Waals surface area (Å²) in [6.45, 7) is 4.11. The number of thioether (sulfide) groups is 1. The molecule has 3 rings (SSSR count). The number of imidazole rings is 1. The van der Waals surface area contributed by atoms with Gasteiger partial charge in [0, 0.05) is 52.0 Å². The molecular weight excluding hydrogens is 388 g/mol. The molecule has 2 aromatic rings. The molecule has 1 aliphatic rings. The molecule has 0 aromatic carbocycles. The fraction of sp³-hybridized carbons (Fsp3) is 0.571. The molecule has 1 saturated heterocycles. The number of aromatic nitrogens is 2. The Balaban J connectivity index is 1.49. The molecule has 1 aliphatic heterocycles. The molecule has 0 radical (unpaired) electrons. The van der Waals surface area contributed by atoms with Crippen molar-refractivity contribution < 1.29 is 14.0 Å². The number of hydrogen-bond donors (Lipinski definition) is 0. The van der Waals surface area contributed by atoms with E-state index in [1.807, 2.05) is 35.8 Å². The molecule has 0 N–H and O–H groups in total. The van der Waals surface area contributed by atoms with Crippen LogP contribution in [0.2, 0.25) is 0 Å². The Bertz CT molecular complexity index is 824. The van der Waals surface area contributed by atoms with E-state index in [2.05, 4.69) is 11.9 Å². The number of unbranched alkanes of at least 4 members (excludes halogenated alkanes) is 1. The molecule has 1 fully saturated rings. The van der Waals surface area contributed by atoms with E-state index in [-0.39, 0.29) is 17.7 Å². The van der Waals surface area contributed by atoms with Crippen molar-refractivity contribution in [3.8, 4) is 0 Å². The molecule has 0 unspecified atom stereocenters. The van der Waals surface area contributed by atoms with Crippen LogP contribution in [0.3, 0.4) is 0 Å². The van der Waals surface area contributed by atoms with E-state index in [0.29, 0.717) is 37.4 Å². The molecule has 29 heavy (non-hydrogen) atoms. The van der Waals surface area contributed by atoms with Gasteiger partial charge in [0.05, 0.1) is 5.75 Å². The third-order valence-corrected chi connectivity index (χ3v) is 6.43. The van der Waals surface area contributed by atoms with Crippen molar-refractivity contribution in [2.75, 3.05) is 26.7 Å². The number of hydrogen-bond acceptors (Lipinski definition) is 5. The highest BCUT2D eigenvalue weighted by Gasteiger charge is 2.30. The van der Waals surface area contributed by atoms with Gasteiger partial charge < -0.3 is 18.8 Å². The topological polar surface area (TPSA) is 71.6 Å². The summed E-state index contributed by atoms with van der Waals surface area (Å²) in [6, 6.07) is 3.59. The van der Waals surface area contributed by atoms with Crippen molar-refractivity contribution in [2.24, 2.45) is 13.0 Å². The standard InChI is InChI=1S/C21H30N4O3S/c1-4-5-11-23(2)19(26)16-8-12-25(13-9-16)20(27)18-7-6-17(28-18)15-29-21-22-10-14-24(21)3/h6-7,10,14,16H,4-5,8-9,11-13,15H2,1-3H3. The molecule has 0 aliphatic carbocycles. The zero-order valence-corrected chi connectivity index (χ0v) is 18.3. The largest absolute Gasteiger partial charge is 0.455 e. The van der Waals surface area contributed by atoms with Crippen LogP contribution in [0.1, 0.15) is 48.9 Å². The Labute approximate surface area is 176 Å². The van der Waals surface area contributed by atoms with E-state index in [1.165, 1.54) is 0 Å². The molecule has 2 amide bonds. The molecular formula is C21H30N4O3S. The van der Waals surface area contributed by atoms with Gasteiger partial charge in [-0.05, 0) is 31.4 Å². The lowest BCUT2D eigenvalue weighted by molar-refractivity contribution is -0.135. The highest BCUT2D eigenvalue weighted by Crippen LogP contribution is 2.24. The first-order chi connectivity index (χ1) is 14.0. The lowest BCUT2D eigenvalue weighted by Gasteiger charge is -2.32. The molecule has 7 nitrogen and oxygen atoms in total. The van der Waals surface area contributed by atoms with Crippen LogP contribution in [0.4, 0.5) is 0 Å². The molecule has 2 aromatic heterocycles. The molecule has 0 spiro atoms. The minimum absolute atomic E-state index is 0.0160. The van der Waals surface area contributed by atoms with Crippen molar-refractivity contribution in [1.29, 1.82) is 0 Å². The predicted octanol–water partition coefficient (Wildman–Crippen LogP) is 3.42. The third kappa shape index (κ3) is 5.44. The van der Waals surface area contributed by atoms with E-state index >= 15 is 0 Å². The van der Waals surface area contributed by atoms with Gasteiger partial charge in [0.25, 0.3) is 5.91 Å². The van der Waals surface area contributed by atoms with Gasteiger partial charge in [0.2, 0.25) is 5.91 Å². The molecule has 0 atom stereocenters. The van der Waals surface area contributed by atoms with Crippen molar-refractivity contribution in [2.45, 2.75) is 43.5 Å². The normalized spacial score (nSPS) is 14.9. The summed E-state index contributed by atoms with van der Waals surface area (Å²) < 4.78 is 7.72. The summed E-state index contributed by atoms with van der Waals surface area (Å²) >= 11 is 1.57. The number of aryl methyl sites for hydroxylation is 1. The molecule has 0 saturated carbocycles. The van der Waals surface area contributed by atoms with Gasteiger partial charge >= 0.3 is 0 Å². The number of nitrogens with zero attached hydrogens (tertiary/aromatic N) is 4. The Kier molecular flexibility index (Phi) is 7.41. The SMILES string of the molecule is CCCCN(C)C(=O)C1CCN(C(=O)c2ccc(CSc3nccn3C)o2)CC1. The second-order valence-corrected chi connectivity index (χ2v) is 8.50. The Morgan fingerprint density at radius 1 is 1.31 bits per heavy atom. The van der Waals surface area contributed by atoms with Crippen LogP contribution < -0.4 is 0 Å². The van der Waals surface area contributed by atoms with Gasteiger partial charge in [-0.3, -0.25) is 9.59 Å². The fourth-order valence-corrected chi connectivity index (χ4v) is 4.33. The summed E-state index contributed by atoms with van der Waals surface area (Å²) in [6.07, 6.45) is 7.19. The number of furan rings is 1. The molecule has 3 heterocycles. The number of rotatable bonds is 8. The van der Waals surface area contributed by atoms with Crippen molar-refractivity contribution in [1.82, 2.24) is 19.4 Å². The highest BCUT2D eigenvalue weighted by molar-refractivity contribution is 7.98. The van der Waals surface area contributed by atoms with Crippen LogP contribution in [0, 0.1) is 5.92 Å². The van der Waals surface area contributed by atoms with Crippen LogP contribution in [-0.4, -0.2) is 57.8 Å². The number of carbonyl (C=O) groups excluding carboxylic acids is 2. The quantitative estimate of drug-likeness (QED) is 0.614. The maximum Gasteiger partial charge on any atom is 0.289 e. The summed E-state index contributed by atoms with van der Waals surface area (Å²) in [5.74, 6) is 1.87. The van der Waals surface area contributed by atoms with Crippen LogP contribution in [0.25, 0.3) is 0 Å². The Hall–Kier alpha value is -2.22. The van der Waals surface area contributed by atoms with E-state index in [9.17, 15) is 9.59 Å². The number of carbonyl (C=O) groups is 2. The summed E-state index contributed by atoms with van der Waals surface area (Å²) in [5, 5.41) is 0.907. The van der Waals surface area contributed by atoms with Gasteiger partial charge in [0.1, 0.15) is 5.76 Å². The average Bonchev–Trinajstić information content (AvgIpc) is 3.38. The first-order valence-electron chi connectivity index (χ1n) is 10.2. The Morgan fingerprint density at radius 3 is 2.72 bits per heavy atom. The van der Waals surface area contributed by atoms with Crippen LogP contribution in [0.15, 0.2) is 34.1 Å². The van der Waals surface area contributed by atoms with Crippen LogP contribution in [0.5, 0.6) is 0 Å². The monoisotopic (exact) mass is 418 g/mol. The Morgan fingerprint density at radius 2 is 2.07 bits per heavy atom. The van der Waals surface area contributed by atoms with E-state index in [0.717, 1.165) is 30.3 Å². The zero-order chi connectivity index (χ0) is 20.8. The van der Waals surface area contributed by atoms with E-state index < -0.39 is 0 Å². The number of likely N-dealkylation sites (tertiary alicyclic amines) is 1. The lowest BCUT2D eigenvalue weighted by atomic mass is 9.95. The van der Waals surface area contributed by atoms with Crippen molar-refractivity contribution in [3.63, 3.8) is 0 Å². The predicted molar refractivity (Wildman–Crippen MR) is 113 cm³/mol. The zero-order valence-electron chi connectivity index (χ0n) is 17.5. The average molecular weight is 419 g/mol. The smallest absolute Gasteiger partial charge is 0.289 e. The number of piperidine rings is 1. The summed E-state index contributed by atoms with van der Waals surface area (Å²) in [5.41, 5.74) is 0. The minimum atomic E-state index is -0.0940. The maximum atomic E-state index is 12.8. The van der Waals surface area contributed by atoms with Gasteiger partial charge in [-0.1, -0.05) is 25.1 Å². The first kappa shape index (κ1) is 21.5. The first-order valence-corrected chi connectivity index (χ1v) is 11.2. The second kappa shape index (κ2) is 10.0. The van der Waals surface area contributed by atoms with E-state index in [4.69, 9.17) is 4.42 Å². The molecule has 8 heteroatoms. The maximum absolute atomic E-state index is 12.8. The van der Waals surface area contributed by atoms with Crippen LogP contribution >= 0.6 is 11.8 Å². The van der Waals surface area contributed by atoms with Gasteiger partial charge in [0.15, 0.2) is 10.9 Å². The molecule has 158 valence electrons. The number of amides is 2.